The Morgan fingerprint density at radius 3 is 2.68 bits per heavy atom. The molecule has 3 aromatic rings. The summed E-state index contributed by atoms with van der Waals surface area (Å²) in [7, 11) is 3.21. The molecule has 2 aromatic carbocycles. The number of thioether (sulfide) groups is 1. The minimum atomic E-state index is -0.469. The van der Waals surface area contributed by atoms with Crippen molar-refractivity contribution >= 4 is 40.5 Å². The number of hydrogen-bond acceptors (Lipinski definition) is 6. The van der Waals surface area contributed by atoms with Gasteiger partial charge < -0.3 is 19.9 Å². The van der Waals surface area contributed by atoms with E-state index in [4.69, 9.17) is 10.00 Å². The van der Waals surface area contributed by atoms with Gasteiger partial charge >= 0.3 is 6.09 Å². The average Bonchev–Trinajstić information content (AvgIpc) is 3.09. The van der Waals surface area contributed by atoms with E-state index >= 15 is 0 Å². The van der Waals surface area contributed by atoms with Crippen molar-refractivity contribution in [2.75, 3.05) is 25.2 Å². The van der Waals surface area contributed by atoms with Crippen LogP contribution in [0.15, 0.2) is 47.6 Å². The number of nitrogens with one attached hydrogen (secondary N) is 2. The van der Waals surface area contributed by atoms with Crippen molar-refractivity contribution in [3.63, 3.8) is 0 Å². The molecule has 9 heteroatoms. The third-order valence-corrected chi connectivity index (χ3v) is 4.51. The van der Waals surface area contributed by atoms with Gasteiger partial charge in [0, 0.05) is 25.8 Å². The lowest BCUT2D eigenvalue weighted by Crippen LogP contribution is -2.25. The molecule has 8 nitrogen and oxygen atoms in total. The Balaban J connectivity index is 1.60. The number of aromatic amines is 1. The van der Waals surface area contributed by atoms with Gasteiger partial charge in [0.1, 0.15) is 5.75 Å². The Hall–Kier alpha value is -3.51. The number of nitriles is 1. The number of fused-ring (bicyclic) bond motifs is 1. The third-order valence-electron chi connectivity index (χ3n) is 3.64. The van der Waals surface area contributed by atoms with E-state index in [2.05, 4.69) is 15.3 Å². The molecule has 0 aliphatic heterocycles. The Labute approximate surface area is 165 Å². The summed E-state index contributed by atoms with van der Waals surface area (Å²) in [6.07, 6.45) is -0.469. The predicted molar refractivity (Wildman–Crippen MR) is 106 cm³/mol. The van der Waals surface area contributed by atoms with E-state index in [1.54, 1.807) is 56.6 Å². The average molecular weight is 395 g/mol. The van der Waals surface area contributed by atoms with Crippen LogP contribution in [0.1, 0.15) is 5.56 Å². The third kappa shape index (κ3) is 4.81. The molecule has 0 saturated carbocycles. The summed E-state index contributed by atoms with van der Waals surface area (Å²) in [6.45, 7) is 0. The normalized spacial score (nSPS) is 10.3. The molecule has 0 spiro atoms. The van der Waals surface area contributed by atoms with Crippen LogP contribution in [0.5, 0.6) is 5.75 Å². The number of benzene rings is 2. The zero-order chi connectivity index (χ0) is 20.1. The van der Waals surface area contributed by atoms with E-state index in [9.17, 15) is 9.59 Å². The molecule has 0 radical (unpaired) electrons. The highest BCUT2D eigenvalue weighted by atomic mass is 32.2. The van der Waals surface area contributed by atoms with Gasteiger partial charge in [0.25, 0.3) is 0 Å². The fourth-order valence-electron chi connectivity index (χ4n) is 2.25. The van der Waals surface area contributed by atoms with Gasteiger partial charge in [-0.25, -0.2) is 9.78 Å². The summed E-state index contributed by atoms with van der Waals surface area (Å²) in [6, 6.07) is 13.8. The monoisotopic (exact) mass is 395 g/mol. The lowest BCUT2D eigenvalue weighted by Gasteiger charge is -2.10. The highest BCUT2D eigenvalue weighted by molar-refractivity contribution is 7.99. The fourth-order valence-corrected chi connectivity index (χ4v) is 2.93. The van der Waals surface area contributed by atoms with Gasteiger partial charge in [0.15, 0.2) is 5.16 Å². The molecule has 0 aliphatic carbocycles. The zero-order valence-electron chi connectivity index (χ0n) is 15.2. The minimum absolute atomic E-state index is 0.169. The minimum Gasteiger partial charge on any atom is -0.410 e. The molecule has 2 N–H and O–H groups in total. The number of imidazole rings is 1. The maximum Gasteiger partial charge on any atom is 0.414 e. The van der Waals surface area contributed by atoms with Gasteiger partial charge in [-0.3, -0.25) is 4.79 Å². The Morgan fingerprint density at radius 2 is 2.00 bits per heavy atom. The van der Waals surface area contributed by atoms with Gasteiger partial charge in [-0.2, -0.15) is 5.26 Å². The Bertz CT molecular complexity index is 1050. The van der Waals surface area contributed by atoms with E-state index in [1.165, 1.54) is 16.7 Å². The number of aromatic nitrogens is 2. The van der Waals surface area contributed by atoms with Crippen LogP contribution in [0.25, 0.3) is 11.0 Å². The van der Waals surface area contributed by atoms with Gasteiger partial charge in [-0.05, 0) is 36.4 Å². The van der Waals surface area contributed by atoms with Gasteiger partial charge in [0.2, 0.25) is 5.91 Å². The van der Waals surface area contributed by atoms with Crippen LogP contribution in [0.4, 0.5) is 10.5 Å². The standard InChI is InChI=1S/C19H17N5O3S/c1-24(2)19(26)27-14-7-8-15-16(9-14)23-18(22-15)28-11-17(25)21-13-5-3-12(10-20)4-6-13/h3-9H,11H2,1-2H3,(H,21,25)(H,22,23). The van der Waals surface area contributed by atoms with Crippen molar-refractivity contribution < 1.29 is 14.3 Å². The van der Waals surface area contributed by atoms with Crippen molar-refractivity contribution in [3.8, 4) is 11.8 Å². The molecule has 1 aromatic heterocycles. The maximum absolute atomic E-state index is 12.1. The Kier molecular flexibility index (Phi) is 5.81. The predicted octanol–water partition coefficient (Wildman–Crippen LogP) is 3.23. The van der Waals surface area contributed by atoms with Crippen molar-refractivity contribution in [3.05, 3.63) is 48.0 Å². The molecular weight excluding hydrogens is 378 g/mol. The molecule has 3 rings (SSSR count). The highest BCUT2D eigenvalue weighted by Gasteiger charge is 2.11. The molecule has 0 bridgehead atoms. The SMILES string of the molecule is CN(C)C(=O)Oc1ccc2[nH]c(SCC(=O)Nc3ccc(C#N)cc3)nc2c1. The molecule has 2 amide bonds. The maximum atomic E-state index is 12.1. The first-order chi connectivity index (χ1) is 13.4. The summed E-state index contributed by atoms with van der Waals surface area (Å²) in [5.41, 5.74) is 2.57. The van der Waals surface area contributed by atoms with Gasteiger partial charge in [-0.1, -0.05) is 11.8 Å². The van der Waals surface area contributed by atoms with E-state index in [0.717, 1.165) is 5.52 Å². The van der Waals surface area contributed by atoms with Crippen LogP contribution in [0.2, 0.25) is 0 Å². The topological polar surface area (TPSA) is 111 Å². The van der Waals surface area contributed by atoms with Gasteiger partial charge in [-0.15, -0.1) is 0 Å². The number of amides is 2. The zero-order valence-corrected chi connectivity index (χ0v) is 16.0. The number of carbonyl (C=O) groups is 2. The first-order valence-corrected chi connectivity index (χ1v) is 9.25. The molecule has 28 heavy (non-hydrogen) atoms. The first-order valence-electron chi connectivity index (χ1n) is 8.26. The summed E-state index contributed by atoms with van der Waals surface area (Å²) >= 11 is 1.26. The number of H-pyrrole nitrogens is 1. The van der Waals surface area contributed by atoms with Crippen molar-refractivity contribution in [1.82, 2.24) is 14.9 Å². The lowest BCUT2D eigenvalue weighted by molar-refractivity contribution is -0.113. The second kappa shape index (κ2) is 8.45. The second-order valence-corrected chi connectivity index (χ2v) is 6.97. The summed E-state index contributed by atoms with van der Waals surface area (Å²) in [5, 5.41) is 12.1. The van der Waals surface area contributed by atoms with Crippen LogP contribution in [0.3, 0.4) is 0 Å². The quantitative estimate of drug-likeness (QED) is 0.642. The van der Waals surface area contributed by atoms with E-state index in [1.807, 2.05) is 6.07 Å². The second-order valence-electron chi connectivity index (χ2n) is 6.01. The molecule has 0 unspecified atom stereocenters. The number of ether oxygens (including phenoxy) is 1. The van der Waals surface area contributed by atoms with E-state index in [0.29, 0.717) is 27.7 Å². The number of carbonyl (C=O) groups excluding carboxylic acids is 2. The fraction of sp³-hybridized carbons (Fsp3) is 0.158. The highest BCUT2D eigenvalue weighted by Crippen LogP contribution is 2.23. The molecule has 0 atom stereocenters. The molecule has 1 heterocycles. The van der Waals surface area contributed by atoms with Crippen molar-refractivity contribution in [2.45, 2.75) is 5.16 Å². The Morgan fingerprint density at radius 1 is 1.25 bits per heavy atom. The van der Waals surface area contributed by atoms with E-state index in [-0.39, 0.29) is 11.7 Å². The number of anilines is 1. The van der Waals surface area contributed by atoms with Crippen molar-refractivity contribution in [2.24, 2.45) is 0 Å². The molecule has 0 saturated heterocycles. The number of nitrogens with zero attached hydrogens (tertiary/aromatic N) is 3. The lowest BCUT2D eigenvalue weighted by atomic mass is 10.2. The largest absolute Gasteiger partial charge is 0.414 e. The van der Waals surface area contributed by atoms with Crippen LogP contribution in [0, 0.1) is 11.3 Å². The number of hydrogen-bond donors (Lipinski definition) is 2. The molecule has 0 aliphatic rings. The van der Waals surface area contributed by atoms with Crippen molar-refractivity contribution in [1.29, 1.82) is 5.26 Å². The van der Waals surface area contributed by atoms with Crippen LogP contribution < -0.4 is 10.1 Å². The van der Waals surface area contributed by atoms with Crippen LogP contribution in [-0.2, 0) is 4.79 Å². The van der Waals surface area contributed by atoms with Gasteiger partial charge in [0.05, 0.1) is 28.4 Å². The first kappa shape index (κ1) is 19.3. The van der Waals surface area contributed by atoms with Crippen LogP contribution >= 0.6 is 11.8 Å². The smallest absolute Gasteiger partial charge is 0.410 e. The molecule has 142 valence electrons. The summed E-state index contributed by atoms with van der Waals surface area (Å²) in [5.74, 6) is 0.381. The molecular formula is C19H17N5O3S. The number of rotatable bonds is 5. The van der Waals surface area contributed by atoms with Crippen LogP contribution in [-0.4, -0.2) is 46.7 Å². The molecule has 0 fully saturated rings. The summed E-state index contributed by atoms with van der Waals surface area (Å²) < 4.78 is 5.22. The van der Waals surface area contributed by atoms with E-state index < -0.39 is 6.09 Å². The summed E-state index contributed by atoms with van der Waals surface area (Å²) in [4.78, 5) is 32.6.